The number of nitrogens with one attached hydrogen (secondary N) is 1. The number of benzene rings is 1. The number of nitrogens with zero attached hydrogens (tertiary/aromatic N) is 3. The monoisotopic (exact) mass is 295 g/mol. The molecule has 0 fully saturated rings. The Hall–Kier alpha value is -1.56. The Morgan fingerprint density at radius 2 is 2.29 bits per heavy atom. The van der Waals surface area contributed by atoms with Crippen LogP contribution in [-0.4, -0.2) is 21.3 Å². The quantitative estimate of drug-likeness (QED) is 0.906. The molecule has 90 valence electrons. The van der Waals surface area contributed by atoms with Crippen molar-refractivity contribution in [1.29, 1.82) is 0 Å². The van der Waals surface area contributed by atoms with E-state index in [-0.39, 0.29) is 0 Å². The summed E-state index contributed by atoms with van der Waals surface area (Å²) in [5.74, 6) is 0.987. The molecular formula is C11H14BrN5. The first-order valence-electron chi connectivity index (χ1n) is 5.37. The highest BCUT2D eigenvalue weighted by Gasteiger charge is 2.06. The van der Waals surface area contributed by atoms with E-state index in [4.69, 9.17) is 5.73 Å². The van der Waals surface area contributed by atoms with Gasteiger partial charge in [0.25, 0.3) is 0 Å². The highest BCUT2D eigenvalue weighted by Crippen LogP contribution is 2.14. The van der Waals surface area contributed by atoms with E-state index in [0.29, 0.717) is 18.4 Å². The lowest BCUT2D eigenvalue weighted by molar-refractivity contribution is 0.697. The first kappa shape index (κ1) is 11.9. The van der Waals surface area contributed by atoms with E-state index in [9.17, 15) is 0 Å². The van der Waals surface area contributed by atoms with Crippen LogP contribution in [0.4, 0.5) is 11.9 Å². The zero-order chi connectivity index (χ0) is 12.3. The third kappa shape index (κ3) is 2.97. The molecule has 2 rings (SSSR count). The molecule has 0 bridgehead atoms. The van der Waals surface area contributed by atoms with Gasteiger partial charge in [0, 0.05) is 11.0 Å². The van der Waals surface area contributed by atoms with Gasteiger partial charge in [-0.25, -0.2) is 4.68 Å². The summed E-state index contributed by atoms with van der Waals surface area (Å²) in [4.78, 5) is 4.13. The predicted octanol–water partition coefficient (Wildman–Crippen LogP) is 2.10. The standard InChI is InChI=1S/C11H14BrN5/c1-2-14-11-15-10(13)17(16-11)7-8-4-3-5-9(12)6-8/h3-6H,2,7H2,1H3,(H3,13,14,15,16). The Balaban J connectivity index is 2.18. The molecule has 0 aliphatic rings. The van der Waals surface area contributed by atoms with Gasteiger partial charge in [0.1, 0.15) is 0 Å². The van der Waals surface area contributed by atoms with Crippen LogP contribution >= 0.6 is 15.9 Å². The van der Waals surface area contributed by atoms with Crippen molar-refractivity contribution in [3.63, 3.8) is 0 Å². The molecule has 17 heavy (non-hydrogen) atoms. The van der Waals surface area contributed by atoms with E-state index in [0.717, 1.165) is 16.6 Å². The molecule has 1 aromatic heterocycles. The van der Waals surface area contributed by atoms with Gasteiger partial charge in [-0.3, -0.25) is 0 Å². The molecule has 0 aliphatic heterocycles. The van der Waals surface area contributed by atoms with Crippen molar-refractivity contribution in [2.24, 2.45) is 0 Å². The zero-order valence-electron chi connectivity index (χ0n) is 9.52. The lowest BCUT2D eigenvalue weighted by Gasteiger charge is -2.03. The van der Waals surface area contributed by atoms with Gasteiger partial charge in [-0.15, -0.1) is 5.10 Å². The maximum absolute atomic E-state index is 5.80. The van der Waals surface area contributed by atoms with Crippen molar-refractivity contribution in [1.82, 2.24) is 14.8 Å². The largest absolute Gasteiger partial charge is 0.368 e. The Kier molecular flexibility index (Phi) is 3.63. The molecule has 0 radical (unpaired) electrons. The summed E-state index contributed by atoms with van der Waals surface area (Å²) in [6.45, 7) is 3.38. The van der Waals surface area contributed by atoms with Gasteiger partial charge >= 0.3 is 0 Å². The maximum atomic E-state index is 5.80. The van der Waals surface area contributed by atoms with Gasteiger partial charge in [-0.05, 0) is 24.6 Å². The van der Waals surface area contributed by atoms with Gasteiger partial charge in [-0.2, -0.15) is 4.98 Å². The molecule has 1 aromatic carbocycles. The number of hydrogen-bond donors (Lipinski definition) is 2. The lowest BCUT2D eigenvalue weighted by atomic mass is 10.2. The molecule has 0 saturated carbocycles. The number of hydrogen-bond acceptors (Lipinski definition) is 4. The number of rotatable bonds is 4. The van der Waals surface area contributed by atoms with Crippen LogP contribution in [0.5, 0.6) is 0 Å². The lowest BCUT2D eigenvalue weighted by Crippen LogP contribution is -2.06. The fourth-order valence-electron chi connectivity index (χ4n) is 1.51. The molecule has 0 amide bonds. The van der Waals surface area contributed by atoms with Crippen LogP contribution in [0.15, 0.2) is 28.7 Å². The number of anilines is 2. The molecule has 0 spiro atoms. The maximum Gasteiger partial charge on any atom is 0.243 e. The Bertz CT molecular complexity index is 508. The van der Waals surface area contributed by atoms with Gasteiger partial charge in [-0.1, -0.05) is 28.1 Å². The predicted molar refractivity (Wildman–Crippen MR) is 71.8 cm³/mol. The molecule has 2 aromatic rings. The van der Waals surface area contributed by atoms with E-state index in [1.165, 1.54) is 0 Å². The van der Waals surface area contributed by atoms with E-state index >= 15 is 0 Å². The fourth-order valence-corrected chi connectivity index (χ4v) is 1.96. The van der Waals surface area contributed by atoms with Crippen LogP contribution in [0.25, 0.3) is 0 Å². The second-order valence-corrected chi connectivity index (χ2v) is 4.53. The molecule has 0 aliphatic carbocycles. The second-order valence-electron chi connectivity index (χ2n) is 3.61. The van der Waals surface area contributed by atoms with Gasteiger partial charge in [0.15, 0.2) is 0 Å². The highest BCUT2D eigenvalue weighted by molar-refractivity contribution is 9.10. The third-order valence-electron chi connectivity index (χ3n) is 2.26. The molecule has 3 N–H and O–H groups in total. The summed E-state index contributed by atoms with van der Waals surface area (Å²) < 4.78 is 2.72. The summed E-state index contributed by atoms with van der Waals surface area (Å²) in [7, 11) is 0. The van der Waals surface area contributed by atoms with Gasteiger partial charge in [0.05, 0.1) is 6.54 Å². The van der Waals surface area contributed by atoms with Crippen molar-refractivity contribution in [2.45, 2.75) is 13.5 Å². The van der Waals surface area contributed by atoms with Crippen molar-refractivity contribution >= 4 is 27.8 Å². The van der Waals surface area contributed by atoms with Crippen LogP contribution in [0, 0.1) is 0 Å². The van der Waals surface area contributed by atoms with Crippen LogP contribution in [0.2, 0.25) is 0 Å². The second kappa shape index (κ2) is 5.18. The third-order valence-corrected chi connectivity index (χ3v) is 2.75. The van der Waals surface area contributed by atoms with Crippen LogP contribution in [0.1, 0.15) is 12.5 Å². The zero-order valence-corrected chi connectivity index (χ0v) is 11.1. The Morgan fingerprint density at radius 3 is 3.00 bits per heavy atom. The first-order chi connectivity index (χ1) is 8.19. The van der Waals surface area contributed by atoms with Gasteiger partial charge in [0.2, 0.25) is 11.9 Å². The summed E-state index contributed by atoms with van der Waals surface area (Å²) in [6.07, 6.45) is 0. The average Bonchev–Trinajstić information content (AvgIpc) is 2.60. The normalized spacial score (nSPS) is 10.5. The van der Waals surface area contributed by atoms with Crippen molar-refractivity contribution in [3.05, 3.63) is 34.3 Å². The van der Waals surface area contributed by atoms with E-state index in [2.05, 4.69) is 31.3 Å². The molecule has 0 unspecified atom stereocenters. The van der Waals surface area contributed by atoms with E-state index in [1.807, 2.05) is 31.2 Å². The van der Waals surface area contributed by atoms with Crippen molar-refractivity contribution < 1.29 is 0 Å². The molecule has 0 atom stereocenters. The molecule has 1 heterocycles. The topological polar surface area (TPSA) is 68.8 Å². The SMILES string of the molecule is CCNc1nc(N)n(Cc2cccc(Br)c2)n1. The minimum Gasteiger partial charge on any atom is -0.368 e. The highest BCUT2D eigenvalue weighted by atomic mass is 79.9. The van der Waals surface area contributed by atoms with Crippen LogP contribution < -0.4 is 11.1 Å². The summed E-state index contributed by atoms with van der Waals surface area (Å²) >= 11 is 3.44. The Labute approximate surface area is 108 Å². The minimum atomic E-state index is 0.418. The summed E-state index contributed by atoms with van der Waals surface area (Å²) in [5, 5.41) is 7.31. The number of aromatic nitrogens is 3. The Morgan fingerprint density at radius 1 is 1.47 bits per heavy atom. The molecular weight excluding hydrogens is 282 g/mol. The average molecular weight is 296 g/mol. The van der Waals surface area contributed by atoms with Gasteiger partial charge < -0.3 is 11.1 Å². The smallest absolute Gasteiger partial charge is 0.243 e. The van der Waals surface area contributed by atoms with Crippen molar-refractivity contribution in [3.8, 4) is 0 Å². The number of nitrogens with two attached hydrogens (primary N) is 1. The summed E-state index contributed by atoms with van der Waals surface area (Å²) in [6, 6.07) is 8.03. The number of halogens is 1. The molecule has 5 nitrogen and oxygen atoms in total. The summed E-state index contributed by atoms with van der Waals surface area (Å²) in [5.41, 5.74) is 6.92. The fraction of sp³-hybridized carbons (Fsp3) is 0.273. The number of nitrogen functional groups attached to an aromatic ring is 1. The van der Waals surface area contributed by atoms with Crippen LogP contribution in [-0.2, 0) is 6.54 Å². The molecule has 0 saturated heterocycles. The first-order valence-corrected chi connectivity index (χ1v) is 6.17. The molecule has 6 heteroatoms. The minimum absolute atomic E-state index is 0.418. The van der Waals surface area contributed by atoms with Crippen molar-refractivity contribution in [2.75, 3.05) is 17.6 Å². The van der Waals surface area contributed by atoms with Crippen LogP contribution in [0.3, 0.4) is 0 Å². The van der Waals surface area contributed by atoms with E-state index in [1.54, 1.807) is 4.68 Å². The van der Waals surface area contributed by atoms with E-state index < -0.39 is 0 Å².